The largest absolute Gasteiger partial charge is 0.461 e. The average Bonchev–Trinajstić information content (AvgIpc) is 2.84. The van der Waals surface area contributed by atoms with Crippen molar-refractivity contribution in [3.63, 3.8) is 0 Å². The Morgan fingerprint density at radius 3 is 2.67 bits per heavy atom. The predicted molar refractivity (Wildman–Crippen MR) is 74.3 cm³/mol. The quantitative estimate of drug-likeness (QED) is 0.614. The molecule has 3 heterocycles. The molecule has 0 saturated heterocycles. The number of rotatable bonds is 1. The van der Waals surface area contributed by atoms with Gasteiger partial charge < -0.3 is 4.42 Å². The monoisotopic (exact) mass is 278 g/mol. The second-order valence-corrected chi connectivity index (χ2v) is 5.80. The summed E-state index contributed by atoms with van der Waals surface area (Å²) < 4.78 is 5.41. The molecule has 0 aliphatic rings. The van der Waals surface area contributed by atoms with Gasteiger partial charge in [-0.25, -0.2) is 9.97 Å². The first-order chi connectivity index (χ1) is 8.58. The fraction of sp³-hybridized carbons (Fsp3) is 0.231. The van der Waals surface area contributed by atoms with Crippen LogP contribution >= 0.6 is 22.9 Å². The molecule has 3 rings (SSSR count). The van der Waals surface area contributed by atoms with E-state index in [9.17, 15) is 0 Å². The molecule has 0 unspecified atom stereocenters. The zero-order valence-corrected chi connectivity index (χ0v) is 11.8. The number of thiophene rings is 1. The first kappa shape index (κ1) is 11.7. The summed E-state index contributed by atoms with van der Waals surface area (Å²) in [4.78, 5) is 11.0. The molecule has 0 bridgehead atoms. The van der Waals surface area contributed by atoms with Crippen molar-refractivity contribution < 1.29 is 4.42 Å². The van der Waals surface area contributed by atoms with Gasteiger partial charge in [-0.2, -0.15) is 0 Å². The van der Waals surface area contributed by atoms with Gasteiger partial charge in [0.25, 0.3) is 0 Å². The number of halogens is 1. The number of hydrogen-bond donors (Lipinski definition) is 0. The Kier molecular flexibility index (Phi) is 2.64. The molecule has 0 aliphatic carbocycles. The predicted octanol–water partition coefficient (Wildman–Crippen LogP) is 4.53. The van der Waals surface area contributed by atoms with Crippen molar-refractivity contribution in [3.05, 3.63) is 33.5 Å². The number of nitrogens with zero attached hydrogens (tertiary/aromatic N) is 2. The van der Waals surface area contributed by atoms with Gasteiger partial charge in [-0.3, -0.25) is 0 Å². The van der Waals surface area contributed by atoms with Crippen molar-refractivity contribution >= 4 is 33.2 Å². The summed E-state index contributed by atoms with van der Waals surface area (Å²) >= 11 is 7.90. The summed E-state index contributed by atoms with van der Waals surface area (Å²) in [6, 6.07) is 1.89. The summed E-state index contributed by atoms with van der Waals surface area (Å²) in [5, 5.41) is 1.44. The van der Waals surface area contributed by atoms with Crippen LogP contribution in [0.15, 0.2) is 16.7 Å². The van der Waals surface area contributed by atoms with E-state index in [0.717, 1.165) is 21.3 Å². The zero-order valence-electron chi connectivity index (χ0n) is 10.2. The summed E-state index contributed by atoms with van der Waals surface area (Å²) in [6.45, 7) is 6.07. The molecule has 0 fully saturated rings. The second kappa shape index (κ2) is 4.07. The summed E-state index contributed by atoms with van der Waals surface area (Å²) in [5.41, 5.74) is 2.16. The Morgan fingerprint density at radius 1 is 1.22 bits per heavy atom. The summed E-state index contributed by atoms with van der Waals surface area (Å²) in [5.74, 6) is 1.23. The molecule has 0 atom stereocenters. The minimum absolute atomic E-state index is 0.493. The molecule has 3 aromatic heterocycles. The van der Waals surface area contributed by atoms with Gasteiger partial charge >= 0.3 is 0 Å². The number of hydrogen-bond acceptors (Lipinski definition) is 4. The maximum absolute atomic E-state index is 6.26. The van der Waals surface area contributed by atoms with E-state index in [4.69, 9.17) is 16.0 Å². The smallest absolute Gasteiger partial charge is 0.198 e. The topological polar surface area (TPSA) is 38.9 Å². The summed E-state index contributed by atoms with van der Waals surface area (Å²) in [7, 11) is 0. The summed E-state index contributed by atoms with van der Waals surface area (Å²) in [6.07, 6.45) is 1.64. The lowest BCUT2D eigenvalue weighted by Gasteiger charge is -2.00. The van der Waals surface area contributed by atoms with E-state index < -0.39 is 0 Å². The third-order valence-electron chi connectivity index (χ3n) is 3.05. The Labute approximate surface area is 113 Å². The molecular formula is C13H11ClN2OS. The number of furan rings is 1. The Balaban J connectivity index is 2.31. The lowest BCUT2D eigenvalue weighted by molar-refractivity contribution is 0.576. The van der Waals surface area contributed by atoms with Gasteiger partial charge in [0.15, 0.2) is 11.6 Å². The molecule has 0 aliphatic heterocycles. The highest BCUT2D eigenvalue weighted by molar-refractivity contribution is 7.18. The third-order valence-corrected chi connectivity index (χ3v) is 4.42. The third kappa shape index (κ3) is 1.64. The van der Waals surface area contributed by atoms with E-state index in [1.54, 1.807) is 17.6 Å². The van der Waals surface area contributed by atoms with Crippen LogP contribution in [0.3, 0.4) is 0 Å². The van der Waals surface area contributed by atoms with E-state index >= 15 is 0 Å². The molecule has 0 amide bonds. The molecule has 0 radical (unpaired) electrons. The molecule has 5 heteroatoms. The van der Waals surface area contributed by atoms with Crippen LogP contribution in [0.4, 0.5) is 0 Å². The maximum atomic E-state index is 6.26. The molecule has 92 valence electrons. The average molecular weight is 279 g/mol. The Morgan fingerprint density at radius 2 is 2.00 bits per heavy atom. The van der Waals surface area contributed by atoms with Crippen LogP contribution in [0.1, 0.15) is 16.0 Å². The lowest BCUT2D eigenvalue weighted by Crippen LogP contribution is -1.90. The Bertz CT molecular complexity index is 745. The van der Waals surface area contributed by atoms with Crippen LogP contribution in [0.5, 0.6) is 0 Å². The van der Waals surface area contributed by atoms with E-state index in [1.165, 1.54) is 4.88 Å². The van der Waals surface area contributed by atoms with E-state index in [-0.39, 0.29) is 0 Å². The van der Waals surface area contributed by atoms with Gasteiger partial charge in [-0.15, -0.1) is 11.3 Å². The number of aromatic nitrogens is 2. The molecular weight excluding hydrogens is 268 g/mol. The van der Waals surface area contributed by atoms with Crippen LogP contribution in [-0.2, 0) is 0 Å². The van der Waals surface area contributed by atoms with Gasteiger partial charge in [0.2, 0.25) is 0 Å². The molecule has 0 saturated carbocycles. The number of aryl methyl sites for hydroxylation is 3. The van der Waals surface area contributed by atoms with E-state index in [2.05, 4.69) is 16.9 Å². The van der Waals surface area contributed by atoms with E-state index in [1.807, 2.05) is 19.9 Å². The first-order valence-corrected chi connectivity index (χ1v) is 6.75. The highest BCUT2D eigenvalue weighted by Crippen LogP contribution is 2.35. The fourth-order valence-electron chi connectivity index (χ4n) is 1.90. The number of fused-ring (bicyclic) bond motifs is 1. The SMILES string of the molecule is Cc1ccoc1-c1nc(Cl)c2c(C)c(C)sc2n1. The molecule has 18 heavy (non-hydrogen) atoms. The van der Waals surface area contributed by atoms with Crippen LogP contribution in [0.25, 0.3) is 21.8 Å². The first-order valence-electron chi connectivity index (χ1n) is 5.55. The van der Waals surface area contributed by atoms with Crippen molar-refractivity contribution in [1.82, 2.24) is 9.97 Å². The van der Waals surface area contributed by atoms with Gasteiger partial charge in [-0.05, 0) is 38.0 Å². The van der Waals surface area contributed by atoms with Gasteiger partial charge in [0.1, 0.15) is 9.98 Å². The molecule has 0 N–H and O–H groups in total. The van der Waals surface area contributed by atoms with Crippen molar-refractivity contribution in [2.45, 2.75) is 20.8 Å². The minimum atomic E-state index is 0.493. The van der Waals surface area contributed by atoms with Gasteiger partial charge in [-0.1, -0.05) is 11.6 Å². The van der Waals surface area contributed by atoms with Crippen molar-refractivity contribution in [3.8, 4) is 11.6 Å². The Hall–Kier alpha value is -1.39. The standard InChI is InChI=1S/C13H11ClN2OS/c1-6-4-5-17-10(6)12-15-11(14)9-7(2)8(3)18-13(9)16-12/h4-5H,1-3H3. The second-order valence-electron chi connectivity index (χ2n) is 4.23. The van der Waals surface area contributed by atoms with Crippen LogP contribution in [0, 0.1) is 20.8 Å². The van der Waals surface area contributed by atoms with Crippen molar-refractivity contribution in [2.24, 2.45) is 0 Å². The van der Waals surface area contributed by atoms with Crippen LogP contribution < -0.4 is 0 Å². The van der Waals surface area contributed by atoms with E-state index in [0.29, 0.717) is 16.7 Å². The normalized spacial score (nSPS) is 11.3. The van der Waals surface area contributed by atoms with Gasteiger partial charge in [0.05, 0.1) is 11.6 Å². The molecule has 3 nitrogen and oxygen atoms in total. The lowest BCUT2D eigenvalue weighted by atomic mass is 10.2. The maximum Gasteiger partial charge on any atom is 0.198 e. The van der Waals surface area contributed by atoms with Gasteiger partial charge in [0, 0.05) is 4.88 Å². The molecule has 0 spiro atoms. The van der Waals surface area contributed by atoms with Crippen LogP contribution in [0.2, 0.25) is 5.15 Å². The van der Waals surface area contributed by atoms with Crippen molar-refractivity contribution in [2.75, 3.05) is 0 Å². The fourth-order valence-corrected chi connectivity index (χ4v) is 3.30. The molecule has 3 aromatic rings. The minimum Gasteiger partial charge on any atom is -0.461 e. The highest BCUT2D eigenvalue weighted by Gasteiger charge is 2.16. The van der Waals surface area contributed by atoms with Crippen LogP contribution in [-0.4, -0.2) is 9.97 Å². The van der Waals surface area contributed by atoms with Crippen molar-refractivity contribution in [1.29, 1.82) is 0 Å². The zero-order chi connectivity index (χ0) is 12.9. The molecule has 0 aromatic carbocycles. The highest BCUT2D eigenvalue weighted by atomic mass is 35.5.